The first-order chi connectivity index (χ1) is 24.3. The molecule has 1 unspecified atom stereocenters. The molecule has 1 aromatic carbocycles. The normalized spacial score (nSPS) is 20.6. The number of pyridine rings is 1. The highest BCUT2D eigenvalue weighted by Crippen LogP contribution is 2.35. The van der Waals surface area contributed by atoms with Crippen molar-refractivity contribution in [1.29, 1.82) is 0 Å². The van der Waals surface area contributed by atoms with Crippen molar-refractivity contribution >= 4 is 51.9 Å². The fourth-order valence-electron chi connectivity index (χ4n) is 7.95. The van der Waals surface area contributed by atoms with E-state index in [0.717, 1.165) is 92.9 Å². The Morgan fingerprint density at radius 2 is 1.68 bits per heavy atom. The van der Waals surface area contributed by atoms with Gasteiger partial charge in [0.05, 0.1) is 17.8 Å². The van der Waals surface area contributed by atoms with Gasteiger partial charge in [-0.2, -0.15) is 4.98 Å². The number of carbonyl (C=O) groups excluding carboxylic acids is 3. The first-order valence-electron chi connectivity index (χ1n) is 17.8. The maximum atomic E-state index is 13.0. The van der Waals surface area contributed by atoms with E-state index in [4.69, 9.17) is 4.98 Å². The van der Waals surface area contributed by atoms with Crippen LogP contribution in [0.2, 0.25) is 0 Å². The zero-order valence-electron chi connectivity index (χ0n) is 28.7. The number of benzene rings is 1. The Hall–Kier alpha value is -5.04. The summed E-state index contributed by atoms with van der Waals surface area (Å²) in [6.07, 6.45) is 9.05. The van der Waals surface area contributed by atoms with Gasteiger partial charge in [-0.3, -0.25) is 24.6 Å². The summed E-state index contributed by atoms with van der Waals surface area (Å²) < 4.78 is 2.12. The summed E-state index contributed by atoms with van der Waals surface area (Å²) in [7, 11) is 3.56. The van der Waals surface area contributed by atoms with Gasteiger partial charge in [0.1, 0.15) is 17.2 Å². The molecule has 1 aliphatic carbocycles. The molecular weight excluding hydrogens is 632 g/mol. The molecule has 50 heavy (non-hydrogen) atoms. The van der Waals surface area contributed by atoms with Gasteiger partial charge in [0, 0.05) is 89.1 Å². The van der Waals surface area contributed by atoms with Crippen LogP contribution in [0.4, 0.5) is 23.1 Å². The maximum absolute atomic E-state index is 13.0. The first kappa shape index (κ1) is 32.2. The predicted molar refractivity (Wildman–Crippen MR) is 192 cm³/mol. The molecule has 4 fully saturated rings. The number of hydrogen-bond donors (Lipinski definition) is 2. The van der Waals surface area contributed by atoms with Crippen LogP contribution in [0.5, 0.6) is 0 Å². The molecule has 1 saturated carbocycles. The predicted octanol–water partition coefficient (Wildman–Crippen LogP) is 3.92. The monoisotopic (exact) mass is 676 g/mol. The van der Waals surface area contributed by atoms with Gasteiger partial charge in [-0.05, 0) is 55.2 Å². The second-order valence-corrected chi connectivity index (χ2v) is 14.2. The summed E-state index contributed by atoms with van der Waals surface area (Å²) in [5.74, 6) is 0.478. The smallest absolute Gasteiger partial charge is 0.270 e. The Labute approximate surface area is 291 Å². The lowest BCUT2D eigenvalue weighted by Crippen LogP contribution is -2.63. The number of rotatable bonds is 8. The van der Waals surface area contributed by atoms with Crippen LogP contribution in [-0.4, -0.2) is 106 Å². The Bertz CT molecular complexity index is 1900. The van der Waals surface area contributed by atoms with Gasteiger partial charge in [-0.25, -0.2) is 9.97 Å². The third-order valence-corrected chi connectivity index (χ3v) is 10.8. The molecule has 3 amide bonds. The largest absolute Gasteiger partial charge is 0.369 e. The van der Waals surface area contributed by atoms with E-state index in [9.17, 15) is 14.4 Å². The molecule has 3 saturated heterocycles. The van der Waals surface area contributed by atoms with Crippen LogP contribution in [0.25, 0.3) is 11.0 Å². The van der Waals surface area contributed by atoms with E-state index in [-0.39, 0.29) is 29.7 Å². The third kappa shape index (κ3) is 6.26. The molecular formula is C37H44N10O3. The molecule has 8 rings (SSSR count). The quantitative estimate of drug-likeness (QED) is 0.265. The number of fused-ring (bicyclic) bond motifs is 1. The Kier molecular flexibility index (Phi) is 8.59. The number of aromatic nitrogens is 4. The van der Waals surface area contributed by atoms with Gasteiger partial charge in [0.2, 0.25) is 17.8 Å². The lowest BCUT2D eigenvalue weighted by atomic mass is 9.90. The molecule has 3 aromatic heterocycles. The summed E-state index contributed by atoms with van der Waals surface area (Å²) in [4.78, 5) is 60.1. The molecule has 13 heteroatoms. The van der Waals surface area contributed by atoms with Crippen molar-refractivity contribution in [2.75, 3.05) is 68.5 Å². The first-order valence-corrected chi connectivity index (χ1v) is 17.8. The number of piperidine rings is 1. The van der Waals surface area contributed by atoms with Crippen molar-refractivity contribution in [2.24, 2.45) is 0 Å². The summed E-state index contributed by atoms with van der Waals surface area (Å²) in [6, 6.07) is 15.0. The van der Waals surface area contributed by atoms with E-state index < -0.39 is 0 Å². The molecule has 4 aromatic rings. The van der Waals surface area contributed by atoms with E-state index >= 15 is 0 Å². The lowest BCUT2D eigenvalue weighted by molar-refractivity contribution is -0.134. The average Bonchev–Trinajstić information content (AvgIpc) is 3.76. The highest BCUT2D eigenvalue weighted by molar-refractivity contribution is 6.01. The van der Waals surface area contributed by atoms with Crippen LogP contribution < -0.4 is 20.4 Å². The zero-order chi connectivity index (χ0) is 34.4. The summed E-state index contributed by atoms with van der Waals surface area (Å²) >= 11 is 0. The Morgan fingerprint density at radius 1 is 0.880 bits per heavy atom. The van der Waals surface area contributed by atoms with Crippen molar-refractivity contribution in [2.45, 2.75) is 56.5 Å². The third-order valence-electron chi connectivity index (χ3n) is 10.8. The van der Waals surface area contributed by atoms with E-state index in [1.807, 2.05) is 30.5 Å². The van der Waals surface area contributed by atoms with Crippen LogP contribution in [0.15, 0.2) is 54.9 Å². The number of imide groups is 1. The number of nitrogens with one attached hydrogen (secondary N) is 2. The highest BCUT2D eigenvalue weighted by Gasteiger charge is 2.34. The van der Waals surface area contributed by atoms with Crippen LogP contribution in [0.3, 0.4) is 0 Å². The van der Waals surface area contributed by atoms with Crippen molar-refractivity contribution in [1.82, 2.24) is 34.6 Å². The fraction of sp³-hybridized carbons (Fsp3) is 0.459. The topological polar surface area (TPSA) is 132 Å². The Balaban J connectivity index is 0.859. The maximum Gasteiger partial charge on any atom is 0.270 e. The minimum Gasteiger partial charge on any atom is -0.369 e. The molecule has 13 nitrogen and oxygen atoms in total. The average molecular weight is 677 g/mol. The van der Waals surface area contributed by atoms with E-state index in [2.05, 4.69) is 58.1 Å². The number of nitrogens with zero attached hydrogens (tertiary/aromatic N) is 8. The number of anilines is 4. The summed E-state index contributed by atoms with van der Waals surface area (Å²) in [5.41, 5.74) is 4.66. The zero-order valence-corrected chi connectivity index (χ0v) is 28.7. The van der Waals surface area contributed by atoms with E-state index in [1.165, 1.54) is 0 Å². The van der Waals surface area contributed by atoms with Crippen LogP contribution in [0, 0.1) is 0 Å². The number of carbonyl (C=O) groups is 3. The second-order valence-electron chi connectivity index (χ2n) is 14.2. The van der Waals surface area contributed by atoms with Gasteiger partial charge < -0.3 is 24.6 Å². The van der Waals surface area contributed by atoms with Crippen molar-refractivity contribution in [3.05, 3.63) is 66.1 Å². The molecule has 6 heterocycles. The molecule has 0 spiro atoms. The van der Waals surface area contributed by atoms with Gasteiger partial charge in [-0.15, -0.1) is 0 Å². The SMILES string of the molecule is CN(C)C(=O)c1cc2cnc(Nc3ccc(N4CC(N5CCN(c6cccc(C7CCC(=O)NC7=O)c6)CC5)C4)cn3)nc2n1C1CCCC1. The molecule has 260 valence electrons. The molecule has 0 bridgehead atoms. The molecule has 1 atom stereocenters. The molecule has 3 aliphatic heterocycles. The van der Waals surface area contributed by atoms with Crippen LogP contribution in [0.1, 0.15) is 66.5 Å². The second kappa shape index (κ2) is 13.3. The molecule has 4 aliphatic rings. The molecule has 2 N–H and O–H groups in total. The van der Waals surface area contributed by atoms with E-state index in [0.29, 0.717) is 36.3 Å². The van der Waals surface area contributed by atoms with Gasteiger partial charge in [0.25, 0.3) is 5.91 Å². The summed E-state index contributed by atoms with van der Waals surface area (Å²) in [6.45, 7) is 5.77. The van der Waals surface area contributed by atoms with Crippen molar-refractivity contribution in [3.63, 3.8) is 0 Å². The van der Waals surface area contributed by atoms with Gasteiger partial charge in [-0.1, -0.05) is 25.0 Å². The van der Waals surface area contributed by atoms with Crippen LogP contribution >= 0.6 is 0 Å². The van der Waals surface area contributed by atoms with E-state index in [1.54, 1.807) is 25.2 Å². The minimum absolute atomic E-state index is 0.0218. The number of hydrogen-bond acceptors (Lipinski definition) is 10. The molecule has 0 radical (unpaired) electrons. The highest BCUT2D eigenvalue weighted by atomic mass is 16.2. The Morgan fingerprint density at radius 3 is 2.40 bits per heavy atom. The van der Waals surface area contributed by atoms with Crippen LogP contribution in [-0.2, 0) is 9.59 Å². The number of amides is 3. The summed E-state index contributed by atoms with van der Waals surface area (Å²) in [5, 5.41) is 6.62. The minimum atomic E-state index is -0.263. The standard InChI is InChI=1S/C37H44N10O3/c1-43(2)36(50)31-19-25-20-39-37(42-34(25)47(31)26-7-3-4-8-26)40-32-12-10-28(21-38-32)46-22-29(23-46)45-16-14-44(15-17-45)27-9-5-6-24(18-27)30-11-13-33(48)41-35(30)49/h5-6,9-10,12,18-21,26,29-30H,3-4,7-8,11,13-17,22-23H2,1-2H3,(H,41,48,49)(H,38,39,40,42). The number of piperazine rings is 1. The van der Waals surface area contributed by atoms with Crippen molar-refractivity contribution < 1.29 is 14.4 Å². The fourth-order valence-corrected chi connectivity index (χ4v) is 7.95. The van der Waals surface area contributed by atoms with Crippen molar-refractivity contribution in [3.8, 4) is 0 Å². The lowest BCUT2D eigenvalue weighted by Gasteiger charge is -2.49. The van der Waals surface area contributed by atoms with Gasteiger partial charge in [0.15, 0.2) is 0 Å². The van der Waals surface area contributed by atoms with Gasteiger partial charge >= 0.3 is 0 Å².